The number of nitrogens with zero attached hydrogens (tertiary/aromatic N) is 3. The molecule has 1 unspecified atom stereocenters. The Morgan fingerprint density at radius 3 is 2.20 bits per heavy atom. The predicted molar refractivity (Wildman–Crippen MR) is 313 cm³/mol. The van der Waals surface area contributed by atoms with E-state index in [2.05, 4.69) is 36.7 Å². The third kappa shape index (κ3) is 15.0. The highest BCUT2D eigenvalue weighted by Gasteiger charge is 2.53. The minimum absolute atomic E-state index is 0.0145. The third-order valence-electron chi connectivity index (χ3n) is 13.8. The van der Waals surface area contributed by atoms with Crippen LogP contribution in [-0.4, -0.2) is 115 Å². The van der Waals surface area contributed by atoms with Gasteiger partial charge in [-0.1, -0.05) is 18.2 Å². The first-order valence-electron chi connectivity index (χ1n) is 26.8. The Morgan fingerprint density at radius 1 is 0.750 bits per heavy atom. The van der Waals surface area contributed by atoms with Gasteiger partial charge >= 0.3 is 6.09 Å². The zero-order valence-electron chi connectivity index (χ0n) is 46.3. The molecule has 2 aromatic heterocycles. The fourth-order valence-electron chi connectivity index (χ4n) is 9.64. The lowest BCUT2D eigenvalue weighted by Gasteiger charge is -2.33. The van der Waals surface area contributed by atoms with Gasteiger partial charge in [0.15, 0.2) is 16.9 Å². The number of aromatic nitrogens is 1. The first kappa shape index (κ1) is 61.2. The molecule has 0 aliphatic carbocycles. The number of thiophene rings is 1. The Morgan fingerprint density at radius 2 is 1.46 bits per heavy atom. The number of fused-ring (bicyclic) bond motifs is 5. The van der Waals surface area contributed by atoms with E-state index >= 15 is 0 Å². The molecule has 4 atom stereocenters. The van der Waals surface area contributed by atoms with Crippen LogP contribution in [0.1, 0.15) is 85.2 Å². The summed E-state index contributed by atoms with van der Waals surface area (Å²) in [4.78, 5) is 113. The molecular formula is C57H64N10O15S2. The van der Waals surface area contributed by atoms with Gasteiger partial charge < -0.3 is 60.4 Å². The van der Waals surface area contributed by atoms with Gasteiger partial charge in [0.25, 0.3) is 21.9 Å². The summed E-state index contributed by atoms with van der Waals surface area (Å²) < 4.78 is 58.7. The van der Waals surface area contributed by atoms with Crippen LogP contribution in [0.15, 0.2) is 103 Å². The molecule has 6 aromatic rings. The number of carbonyl (C=O) groups is 8. The molecule has 0 radical (unpaired) electrons. The van der Waals surface area contributed by atoms with Crippen LogP contribution in [-0.2, 0) is 52.4 Å². The van der Waals surface area contributed by atoms with Crippen molar-refractivity contribution >= 4 is 107 Å². The summed E-state index contributed by atoms with van der Waals surface area (Å²) in [7, 11) is -2.28. The second-order valence-corrected chi connectivity index (χ2v) is 22.4. The van der Waals surface area contributed by atoms with Crippen LogP contribution < -0.4 is 61.8 Å². The Hall–Kier alpha value is -8.89. The van der Waals surface area contributed by atoms with Crippen molar-refractivity contribution in [2.45, 2.75) is 88.7 Å². The highest BCUT2D eigenvalue weighted by Crippen LogP contribution is 2.46. The van der Waals surface area contributed by atoms with E-state index in [-0.39, 0.29) is 84.7 Å². The van der Waals surface area contributed by atoms with Crippen LogP contribution in [0.3, 0.4) is 0 Å². The van der Waals surface area contributed by atoms with Crippen LogP contribution in [0.25, 0.3) is 10.1 Å². The van der Waals surface area contributed by atoms with Gasteiger partial charge in [0.1, 0.15) is 23.5 Å². The molecule has 2 aliphatic rings. The molecule has 84 heavy (non-hydrogen) atoms. The first-order valence-corrected chi connectivity index (χ1v) is 29.2. The van der Waals surface area contributed by atoms with Crippen molar-refractivity contribution in [2.75, 3.05) is 52.6 Å². The number of carbonyl (C=O) groups excluding carboxylic acids is 8. The van der Waals surface area contributed by atoms with E-state index in [0.717, 1.165) is 10.1 Å². The van der Waals surface area contributed by atoms with Gasteiger partial charge in [-0.15, -0.1) is 11.3 Å². The fourth-order valence-corrected chi connectivity index (χ4v) is 11.5. The predicted octanol–water partition coefficient (Wildman–Crippen LogP) is 6.01. The third-order valence-corrected chi connectivity index (χ3v) is 15.8. The number of amides is 8. The molecule has 4 aromatic carbocycles. The van der Waals surface area contributed by atoms with Crippen LogP contribution in [0.5, 0.6) is 17.2 Å². The van der Waals surface area contributed by atoms with Crippen LogP contribution in [0.4, 0.5) is 33.2 Å². The van der Waals surface area contributed by atoms with Gasteiger partial charge in [0, 0.05) is 66.9 Å². The van der Waals surface area contributed by atoms with E-state index in [9.17, 15) is 51.3 Å². The Balaban J connectivity index is 0.908. The van der Waals surface area contributed by atoms with Crippen molar-refractivity contribution in [1.29, 1.82) is 0 Å². The highest BCUT2D eigenvalue weighted by atomic mass is 32.2. The van der Waals surface area contributed by atoms with Crippen molar-refractivity contribution < 1.29 is 70.4 Å². The van der Waals surface area contributed by atoms with E-state index < -0.39 is 69.2 Å². The van der Waals surface area contributed by atoms with Gasteiger partial charge in [0.2, 0.25) is 29.5 Å². The smallest absolute Gasteiger partial charge is 0.421 e. The van der Waals surface area contributed by atoms with Gasteiger partial charge in [-0.25, -0.2) is 10.7 Å². The summed E-state index contributed by atoms with van der Waals surface area (Å²) >= 11 is 1.59. The van der Waals surface area contributed by atoms with Crippen molar-refractivity contribution in [1.82, 2.24) is 20.5 Å². The molecule has 0 saturated heterocycles. The summed E-state index contributed by atoms with van der Waals surface area (Å²) in [5.41, 5.74) is 1.89. The SMILES string of the molecule is COc1cc2c(cc1OCCCC(=O)Nc1cc(C(=O)Nc3ccc4sccc4c3)n(C)c1)N(C(=O)Oc1ccc(NC(=O)[C@@H](C)NC(=O)[C@@H](C)NC(=O)CCCCC(=O)NCCCON)cc1)C(S(=O)(=O)O)[C@@H]1Cc3ccccc3N1C2=O. The summed E-state index contributed by atoms with van der Waals surface area (Å²) in [5, 5.41) is 17.0. The lowest BCUT2D eigenvalue weighted by molar-refractivity contribution is -0.130. The van der Waals surface area contributed by atoms with Crippen LogP contribution in [0.2, 0.25) is 0 Å². The molecule has 0 saturated carbocycles. The average Bonchev–Trinajstić information content (AvgIpc) is 1.66. The van der Waals surface area contributed by atoms with Gasteiger partial charge in [0.05, 0.1) is 43.3 Å². The lowest BCUT2D eigenvalue weighted by Crippen LogP contribution is -2.56. The molecule has 8 rings (SSSR count). The fraction of sp³-hybridized carbons (Fsp3) is 0.333. The molecule has 0 spiro atoms. The number of hydrogen-bond acceptors (Lipinski definition) is 16. The average molecular weight is 1190 g/mol. The van der Waals surface area contributed by atoms with Gasteiger partial charge in [-0.2, -0.15) is 8.42 Å². The molecule has 8 amide bonds. The topological polar surface area (TPSA) is 337 Å². The molecule has 9 N–H and O–H groups in total. The van der Waals surface area contributed by atoms with Crippen LogP contribution in [0, 0.1) is 0 Å². The van der Waals surface area contributed by atoms with Gasteiger partial charge in [-0.05, 0) is 129 Å². The van der Waals surface area contributed by atoms with E-state index in [1.165, 1.54) is 62.3 Å². The molecule has 27 heteroatoms. The number of anilines is 5. The largest absolute Gasteiger partial charge is 0.493 e. The van der Waals surface area contributed by atoms with Crippen molar-refractivity contribution in [3.8, 4) is 17.2 Å². The maximum atomic E-state index is 14.7. The van der Waals surface area contributed by atoms with Crippen molar-refractivity contribution in [2.24, 2.45) is 12.9 Å². The number of aryl methyl sites for hydroxylation is 1. The van der Waals surface area contributed by atoms with E-state index in [1.807, 2.05) is 29.6 Å². The number of benzene rings is 4. The molecule has 0 fully saturated rings. The number of methoxy groups -OCH3 is 1. The number of para-hydroxylation sites is 1. The molecule has 444 valence electrons. The first-order chi connectivity index (χ1) is 40.2. The second-order valence-electron chi connectivity index (χ2n) is 19.9. The minimum Gasteiger partial charge on any atom is -0.493 e. The monoisotopic (exact) mass is 1190 g/mol. The van der Waals surface area contributed by atoms with Crippen molar-refractivity contribution in [3.05, 3.63) is 119 Å². The van der Waals surface area contributed by atoms with E-state index in [1.54, 1.807) is 59.5 Å². The van der Waals surface area contributed by atoms with Gasteiger partial charge in [-0.3, -0.25) is 43.0 Å². The van der Waals surface area contributed by atoms with E-state index in [4.69, 9.17) is 20.1 Å². The highest BCUT2D eigenvalue weighted by molar-refractivity contribution is 7.86. The standard InChI is InChI=1S/C57H64N10O15S2/c1-33(60-50(69)14-8-7-13-49(68)59-23-10-25-81-58)52(71)61-34(2)53(72)63-37-16-19-40(20-17-37)82-57(75)67-43-31-47(46(79-4)30-41(43)55(74)66-42-12-6-5-11-35(42)28-45(66)56(67)84(76,77)78)80-24-9-15-51(70)62-39-29-44(65(3)32-39)54(73)64-38-18-21-48-36(27-38)22-26-83-48/h5-6,11-12,16-22,26-27,29-34,45,56H,7-10,13-15,23-25,28,58H2,1-4H3,(H,59,68)(H,60,69)(H,61,71)(H,62,70)(H,63,72)(H,64,73)(H,76,77,78)/t33-,34-,45+,56?/m1/s1. The maximum absolute atomic E-state index is 14.7. The number of unbranched alkanes of at least 4 members (excludes halogenated alkanes) is 1. The number of hydrogen-bond donors (Lipinski definition) is 8. The maximum Gasteiger partial charge on any atom is 0.421 e. The summed E-state index contributed by atoms with van der Waals surface area (Å²) in [5.74, 6) is 1.41. The van der Waals surface area contributed by atoms with Crippen LogP contribution >= 0.6 is 11.3 Å². The molecule has 4 heterocycles. The summed E-state index contributed by atoms with van der Waals surface area (Å²) in [6.45, 7) is 3.49. The Bertz CT molecular complexity index is 3570. The van der Waals surface area contributed by atoms with Crippen molar-refractivity contribution in [3.63, 3.8) is 0 Å². The summed E-state index contributed by atoms with van der Waals surface area (Å²) in [6.07, 6.45) is 1.97. The number of nitrogens with two attached hydrogens (primary N) is 1. The number of rotatable bonds is 25. The zero-order valence-corrected chi connectivity index (χ0v) is 47.9. The van der Waals surface area contributed by atoms with E-state index in [0.29, 0.717) is 65.6 Å². The number of ether oxygens (including phenoxy) is 3. The molecule has 2 aliphatic heterocycles. The quantitative estimate of drug-likeness (QED) is 0.0185. The lowest BCUT2D eigenvalue weighted by atomic mass is 10.1. The molecule has 25 nitrogen and oxygen atoms in total. The second kappa shape index (κ2) is 27.5. The normalized spacial score (nSPS) is 15.1. The number of nitrogens with one attached hydrogen (secondary N) is 6. The Kier molecular flexibility index (Phi) is 20.0. The summed E-state index contributed by atoms with van der Waals surface area (Å²) in [6, 6.07) is 20.2. The molecule has 0 bridgehead atoms. The Labute approximate surface area is 487 Å². The zero-order chi connectivity index (χ0) is 60.2. The minimum atomic E-state index is -5.27. The molecular weight excluding hydrogens is 1130 g/mol.